The lowest BCUT2D eigenvalue weighted by Gasteiger charge is -2.45. The minimum absolute atomic E-state index is 0.533. The average Bonchev–Trinajstić information content (AvgIpc) is 2.44. The van der Waals surface area contributed by atoms with Crippen LogP contribution in [-0.4, -0.2) is 31.1 Å². The smallest absolute Gasteiger partial charge is 0.0438 e. The molecule has 0 aromatic heterocycles. The zero-order valence-electron chi connectivity index (χ0n) is 12.4. The van der Waals surface area contributed by atoms with Gasteiger partial charge in [0.25, 0.3) is 0 Å². The van der Waals surface area contributed by atoms with E-state index >= 15 is 0 Å². The van der Waals surface area contributed by atoms with E-state index in [0.29, 0.717) is 5.41 Å². The van der Waals surface area contributed by atoms with Crippen molar-refractivity contribution in [3.8, 4) is 0 Å². The number of halogens is 1. The van der Waals surface area contributed by atoms with Crippen LogP contribution in [0.4, 0.5) is 0 Å². The molecule has 0 saturated carbocycles. The first kappa shape index (κ1) is 14.4. The number of nitrogens with one attached hydrogen (secondary N) is 1. The Kier molecular flexibility index (Phi) is 4.34. The lowest BCUT2D eigenvalue weighted by atomic mass is 9.74. The van der Waals surface area contributed by atoms with E-state index in [1.54, 1.807) is 0 Å². The monoisotopic (exact) mass is 292 g/mol. The molecule has 0 bridgehead atoms. The molecule has 2 aliphatic rings. The zero-order chi connectivity index (χ0) is 14.0. The molecule has 1 aromatic carbocycles. The molecule has 0 radical (unpaired) electrons. The van der Waals surface area contributed by atoms with Gasteiger partial charge in [0.2, 0.25) is 0 Å². The highest BCUT2D eigenvalue weighted by Crippen LogP contribution is 2.36. The summed E-state index contributed by atoms with van der Waals surface area (Å²) in [4.78, 5) is 2.62. The zero-order valence-corrected chi connectivity index (χ0v) is 13.2. The summed E-state index contributed by atoms with van der Waals surface area (Å²) in [6, 6.07) is 6.50. The Hall–Kier alpha value is -0.570. The molecular weight excluding hydrogens is 268 g/mol. The molecule has 2 saturated heterocycles. The van der Waals surface area contributed by atoms with Crippen molar-refractivity contribution in [3.05, 3.63) is 34.3 Å². The summed E-state index contributed by atoms with van der Waals surface area (Å²) < 4.78 is 0. The van der Waals surface area contributed by atoms with E-state index < -0.39 is 0 Å². The van der Waals surface area contributed by atoms with Gasteiger partial charge in [-0.15, -0.1) is 0 Å². The van der Waals surface area contributed by atoms with Crippen LogP contribution in [0.2, 0.25) is 5.02 Å². The summed E-state index contributed by atoms with van der Waals surface area (Å²) in [5.41, 5.74) is 3.05. The molecule has 1 N–H and O–H groups in total. The van der Waals surface area contributed by atoms with Crippen LogP contribution in [0, 0.1) is 12.3 Å². The third kappa shape index (κ3) is 3.19. The predicted molar refractivity (Wildman–Crippen MR) is 85.2 cm³/mol. The molecule has 2 nitrogen and oxygen atoms in total. The molecule has 3 rings (SSSR count). The Morgan fingerprint density at radius 1 is 1.30 bits per heavy atom. The van der Waals surface area contributed by atoms with Crippen LogP contribution >= 0.6 is 11.6 Å². The van der Waals surface area contributed by atoms with E-state index in [1.807, 2.05) is 0 Å². The summed E-state index contributed by atoms with van der Waals surface area (Å²) in [6.45, 7) is 7.99. The number of likely N-dealkylation sites (tertiary alicyclic amines) is 1. The molecule has 1 unspecified atom stereocenters. The number of rotatable bonds is 2. The van der Waals surface area contributed by atoms with Crippen LogP contribution in [0.3, 0.4) is 0 Å². The number of nitrogens with zero attached hydrogens (tertiary/aromatic N) is 1. The van der Waals surface area contributed by atoms with Crippen molar-refractivity contribution < 1.29 is 0 Å². The summed E-state index contributed by atoms with van der Waals surface area (Å²) >= 11 is 6.25. The second-order valence-electron chi connectivity index (χ2n) is 6.68. The van der Waals surface area contributed by atoms with Gasteiger partial charge in [-0.25, -0.2) is 0 Å². The molecule has 1 atom stereocenters. The molecule has 2 fully saturated rings. The number of aryl methyl sites for hydroxylation is 1. The van der Waals surface area contributed by atoms with Gasteiger partial charge >= 0.3 is 0 Å². The van der Waals surface area contributed by atoms with Crippen molar-refractivity contribution in [3.63, 3.8) is 0 Å². The first-order chi connectivity index (χ1) is 9.67. The molecular formula is C17H25ClN2. The average molecular weight is 293 g/mol. The molecule has 110 valence electrons. The predicted octanol–water partition coefficient (Wildman–Crippen LogP) is 3.61. The number of piperidine rings is 2. The number of hydrogen-bond acceptors (Lipinski definition) is 2. The van der Waals surface area contributed by atoms with E-state index in [0.717, 1.165) is 11.6 Å². The van der Waals surface area contributed by atoms with E-state index in [9.17, 15) is 0 Å². The van der Waals surface area contributed by atoms with E-state index in [-0.39, 0.29) is 0 Å². The van der Waals surface area contributed by atoms with E-state index in [4.69, 9.17) is 11.6 Å². The minimum Gasteiger partial charge on any atom is -0.316 e. The van der Waals surface area contributed by atoms with Gasteiger partial charge in [0.1, 0.15) is 0 Å². The molecule has 0 amide bonds. The Labute approximate surface area is 127 Å². The standard InChI is InChI=1S/C17H25ClN2/c1-14-4-5-15(10-16(14)18)11-20-9-3-7-17(13-20)6-2-8-19-12-17/h4-5,10,19H,2-3,6-9,11-13H2,1H3. The lowest BCUT2D eigenvalue weighted by molar-refractivity contribution is 0.0601. The maximum absolute atomic E-state index is 6.25. The summed E-state index contributed by atoms with van der Waals surface area (Å²) in [6.07, 6.45) is 5.46. The van der Waals surface area contributed by atoms with Gasteiger partial charge in [0, 0.05) is 24.7 Å². The van der Waals surface area contributed by atoms with Crippen LogP contribution in [-0.2, 0) is 6.54 Å². The van der Waals surface area contributed by atoms with Crippen LogP contribution in [0.1, 0.15) is 36.8 Å². The third-order valence-corrected chi connectivity index (χ3v) is 5.35. The molecule has 20 heavy (non-hydrogen) atoms. The quantitative estimate of drug-likeness (QED) is 0.896. The van der Waals surface area contributed by atoms with Crippen LogP contribution in [0.25, 0.3) is 0 Å². The molecule has 2 heterocycles. The highest BCUT2D eigenvalue weighted by Gasteiger charge is 2.36. The summed E-state index contributed by atoms with van der Waals surface area (Å²) in [5, 5.41) is 4.50. The molecule has 2 aliphatic heterocycles. The van der Waals surface area contributed by atoms with Crippen molar-refractivity contribution in [1.82, 2.24) is 10.2 Å². The van der Waals surface area contributed by atoms with Crippen molar-refractivity contribution in [1.29, 1.82) is 0 Å². The maximum Gasteiger partial charge on any atom is 0.0438 e. The Bertz CT molecular complexity index is 461. The van der Waals surface area contributed by atoms with Crippen molar-refractivity contribution >= 4 is 11.6 Å². The fourth-order valence-electron chi connectivity index (χ4n) is 3.82. The van der Waals surface area contributed by atoms with E-state index in [1.165, 1.54) is 63.0 Å². The van der Waals surface area contributed by atoms with Gasteiger partial charge in [0.15, 0.2) is 0 Å². The van der Waals surface area contributed by atoms with Gasteiger partial charge in [-0.3, -0.25) is 4.90 Å². The third-order valence-electron chi connectivity index (χ3n) is 4.94. The van der Waals surface area contributed by atoms with Crippen LogP contribution < -0.4 is 5.32 Å². The molecule has 3 heteroatoms. The second-order valence-corrected chi connectivity index (χ2v) is 7.09. The normalized spacial score (nSPS) is 27.9. The second kappa shape index (κ2) is 6.05. The lowest BCUT2D eigenvalue weighted by Crippen LogP contribution is -2.50. The van der Waals surface area contributed by atoms with Crippen molar-refractivity contribution in [2.45, 2.75) is 39.2 Å². The molecule has 1 aromatic rings. The Balaban J connectivity index is 1.66. The van der Waals surface area contributed by atoms with Gasteiger partial charge < -0.3 is 5.32 Å². The molecule has 0 aliphatic carbocycles. The van der Waals surface area contributed by atoms with Gasteiger partial charge in [-0.2, -0.15) is 0 Å². The number of benzene rings is 1. The Morgan fingerprint density at radius 2 is 2.15 bits per heavy atom. The Morgan fingerprint density at radius 3 is 2.90 bits per heavy atom. The minimum atomic E-state index is 0.533. The van der Waals surface area contributed by atoms with Crippen molar-refractivity contribution in [2.24, 2.45) is 5.41 Å². The van der Waals surface area contributed by atoms with Crippen LogP contribution in [0.5, 0.6) is 0 Å². The van der Waals surface area contributed by atoms with E-state index in [2.05, 4.69) is 35.3 Å². The highest BCUT2D eigenvalue weighted by molar-refractivity contribution is 6.31. The molecule has 1 spiro atoms. The summed E-state index contributed by atoms with van der Waals surface area (Å²) in [5.74, 6) is 0. The van der Waals surface area contributed by atoms with Crippen molar-refractivity contribution in [2.75, 3.05) is 26.2 Å². The maximum atomic E-state index is 6.25. The number of hydrogen-bond donors (Lipinski definition) is 1. The topological polar surface area (TPSA) is 15.3 Å². The van der Waals surface area contributed by atoms with Gasteiger partial charge in [-0.1, -0.05) is 23.7 Å². The fourth-order valence-corrected chi connectivity index (χ4v) is 4.02. The first-order valence-electron chi connectivity index (χ1n) is 7.85. The largest absolute Gasteiger partial charge is 0.316 e. The highest BCUT2D eigenvalue weighted by atomic mass is 35.5. The van der Waals surface area contributed by atoms with Gasteiger partial charge in [-0.05, 0) is 68.3 Å². The SMILES string of the molecule is Cc1ccc(CN2CCCC3(CCCNC3)C2)cc1Cl. The fraction of sp³-hybridized carbons (Fsp3) is 0.647. The first-order valence-corrected chi connectivity index (χ1v) is 8.23. The van der Waals surface area contributed by atoms with Gasteiger partial charge in [0.05, 0.1) is 0 Å². The van der Waals surface area contributed by atoms with Crippen LogP contribution in [0.15, 0.2) is 18.2 Å². The summed E-state index contributed by atoms with van der Waals surface area (Å²) in [7, 11) is 0.